The van der Waals surface area contributed by atoms with Gasteiger partial charge in [0.15, 0.2) is 0 Å². The summed E-state index contributed by atoms with van der Waals surface area (Å²) in [4.78, 5) is 24.0. The Balaban J connectivity index is 0.00000352. The lowest BCUT2D eigenvalue weighted by molar-refractivity contribution is -0.125. The molecule has 0 atom stereocenters. The van der Waals surface area contributed by atoms with Crippen LogP contribution in [0.25, 0.3) is 0 Å². The van der Waals surface area contributed by atoms with Crippen LogP contribution in [0, 0.1) is 18.8 Å². The smallest absolute Gasteiger partial charge is 0.247 e. The molecule has 7 heteroatoms. The first-order valence-corrected chi connectivity index (χ1v) is 9.71. The Morgan fingerprint density at radius 1 is 1.29 bits per heavy atom. The van der Waals surface area contributed by atoms with E-state index in [-0.39, 0.29) is 5.91 Å². The van der Waals surface area contributed by atoms with Crippen LogP contribution < -0.4 is 10.6 Å². The van der Waals surface area contributed by atoms with Gasteiger partial charge in [0.1, 0.15) is 11.6 Å². The van der Waals surface area contributed by atoms with Gasteiger partial charge in [-0.2, -0.15) is 0 Å². The van der Waals surface area contributed by atoms with Crippen LogP contribution in [0.15, 0.2) is 18.3 Å². The molecule has 0 bridgehead atoms. The second-order valence-electron chi connectivity index (χ2n) is 6.19. The van der Waals surface area contributed by atoms with Crippen LogP contribution in [-0.2, 0) is 4.79 Å². The summed E-state index contributed by atoms with van der Waals surface area (Å²) in [5.41, 5.74) is 0.806. The van der Waals surface area contributed by atoms with Gasteiger partial charge in [0.05, 0.1) is 12.2 Å². The van der Waals surface area contributed by atoms with Gasteiger partial charge < -0.3 is 15.1 Å². The van der Waals surface area contributed by atoms with E-state index in [1.54, 1.807) is 24.2 Å². The van der Waals surface area contributed by atoms with Crippen molar-refractivity contribution in [2.45, 2.75) is 33.6 Å². The maximum absolute atomic E-state index is 11.9. The lowest BCUT2D eigenvalue weighted by Gasteiger charge is -2.15. The van der Waals surface area contributed by atoms with Crippen molar-refractivity contribution in [2.75, 3.05) is 53.3 Å². The monoisotopic (exact) mass is 388 g/mol. The molecule has 1 aromatic heterocycles. The van der Waals surface area contributed by atoms with Crippen LogP contribution in [0.4, 0.5) is 5.82 Å². The van der Waals surface area contributed by atoms with Crippen molar-refractivity contribution in [1.29, 1.82) is 0 Å². The van der Waals surface area contributed by atoms with Crippen LogP contribution in [0.1, 0.15) is 38.1 Å². The maximum atomic E-state index is 11.9. The van der Waals surface area contributed by atoms with E-state index in [1.165, 1.54) is 0 Å². The number of anilines is 1. The molecule has 0 fully saturated rings. The van der Waals surface area contributed by atoms with E-state index < -0.39 is 0 Å². The number of amides is 1. The van der Waals surface area contributed by atoms with E-state index in [0.29, 0.717) is 6.67 Å². The molecule has 28 heavy (non-hydrogen) atoms. The molecule has 0 radical (unpaired) electrons. The molecule has 0 saturated carbocycles. The van der Waals surface area contributed by atoms with E-state index in [4.69, 9.17) is 0 Å². The summed E-state index contributed by atoms with van der Waals surface area (Å²) in [6.45, 7) is 7.93. The molecule has 0 unspecified atom stereocenters. The van der Waals surface area contributed by atoms with Crippen LogP contribution in [-0.4, -0.2) is 73.6 Å². The van der Waals surface area contributed by atoms with Gasteiger partial charge in [0.25, 0.3) is 0 Å². The van der Waals surface area contributed by atoms with Crippen molar-refractivity contribution in [3.63, 3.8) is 0 Å². The number of rotatable bonds is 9. The first-order chi connectivity index (χ1) is 13.4. The standard InChI is InChI=1S/C19H30N6O.C2H6/c1-16-22-14-17(19(20-2)23-16)10-7-6-8-12-21-15-25(5)18(26)11-9-13-24(3)4;1-2/h9,11,14,21H,6,8,12-13,15H2,1-5H3,(H,20,22,23);1-2H3/b11-9+;. The Morgan fingerprint density at radius 2 is 2.00 bits per heavy atom. The molecule has 0 saturated heterocycles. The largest absolute Gasteiger partial charge is 0.372 e. The summed E-state index contributed by atoms with van der Waals surface area (Å²) in [5, 5.41) is 6.28. The molecule has 0 spiro atoms. The predicted molar refractivity (Wildman–Crippen MR) is 117 cm³/mol. The Bertz CT molecular complexity index is 661. The number of aromatic nitrogens is 2. The minimum Gasteiger partial charge on any atom is -0.372 e. The van der Waals surface area contributed by atoms with E-state index in [9.17, 15) is 4.79 Å². The van der Waals surface area contributed by atoms with Crippen molar-refractivity contribution in [3.8, 4) is 11.8 Å². The average Bonchev–Trinajstić information content (AvgIpc) is 2.69. The number of nitrogens with zero attached hydrogens (tertiary/aromatic N) is 4. The average molecular weight is 389 g/mol. The molecule has 0 aromatic carbocycles. The summed E-state index contributed by atoms with van der Waals surface area (Å²) in [7, 11) is 7.54. The number of nitrogens with one attached hydrogen (secondary N) is 2. The Labute approximate surface area is 170 Å². The third-order valence-corrected chi connectivity index (χ3v) is 3.48. The fourth-order valence-electron chi connectivity index (χ4n) is 2.03. The highest BCUT2D eigenvalue weighted by molar-refractivity contribution is 5.87. The number of carbonyl (C=O) groups is 1. The highest BCUT2D eigenvalue weighted by atomic mass is 16.2. The van der Waals surface area contributed by atoms with Crippen molar-refractivity contribution in [2.24, 2.45) is 0 Å². The second-order valence-corrected chi connectivity index (χ2v) is 6.19. The molecule has 7 nitrogen and oxygen atoms in total. The molecule has 156 valence electrons. The molecule has 0 aliphatic carbocycles. The van der Waals surface area contributed by atoms with Gasteiger partial charge in [-0.3, -0.25) is 10.1 Å². The van der Waals surface area contributed by atoms with Crippen molar-refractivity contribution in [3.05, 3.63) is 29.7 Å². The quantitative estimate of drug-likeness (QED) is 0.292. The molecule has 0 aliphatic rings. The zero-order valence-electron chi connectivity index (χ0n) is 18.5. The van der Waals surface area contributed by atoms with Gasteiger partial charge in [0, 0.05) is 39.3 Å². The first kappa shape index (κ1) is 25.6. The zero-order valence-corrected chi connectivity index (χ0v) is 18.5. The van der Waals surface area contributed by atoms with Crippen LogP contribution >= 0.6 is 0 Å². The molecule has 2 N–H and O–H groups in total. The highest BCUT2D eigenvalue weighted by Crippen LogP contribution is 2.08. The summed E-state index contributed by atoms with van der Waals surface area (Å²) >= 11 is 0. The number of hydrogen-bond donors (Lipinski definition) is 2. The summed E-state index contributed by atoms with van der Waals surface area (Å²) in [5.74, 6) is 7.71. The van der Waals surface area contributed by atoms with Crippen LogP contribution in [0.3, 0.4) is 0 Å². The van der Waals surface area contributed by atoms with Crippen molar-refractivity contribution >= 4 is 11.7 Å². The zero-order chi connectivity index (χ0) is 21.4. The van der Waals surface area contributed by atoms with Crippen LogP contribution in [0.5, 0.6) is 0 Å². The number of aryl methyl sites for hydroxylation is 1. The van der Waals surface area contributed by atoms with Gasteiger partial charge in [-0.1, -0.05) is 31.8 Å². The topological polar surface area (TPSA) is 73.4 Å². The lowest BCUT2D eigenvalue weighted by Crippen LogP contribution is -2.35. The Morgan fingerprint density at radius 3 is 2.64 bits per heavy atom. The van der Waals surface area contributed by atoms with Gasteiger partial charge in [-0.05, 0) is 34.0 Å². The van der Waals surface area contributed by atoms with E-state index in [0.717, 1.165) is 43.1 Å². The first-order valence-electron chi connectivity index (χ1n) is 9.71. The molecular formula is C21H36N6O. The molecule has 0 aliphatic heterocycles. The minimum absolute atomic E-state index is 0.00175. The van der Waals surface area contributed by atoms with Crippen molar-refractivity contribution in [1.82, 2.24) is 25.1 Å². The minimum atomic E-state index is -0.00175. The molecule has 1 aromatic rings. The fourth-order valence-corrected chi connectivity index (χ4v) is 2.03. The van der Waals surface area contributed by atoms with E-state index in [1.807, 2.05) is 52.9 Å². The molecule has 1 rings (SSSR count). The normalized spacial score (nSPS) is 10.1. The number of unbranched alkanes of at least 4 members (excludes halogenated alkanes) is 1. The summed E-state index contributed by atoms with van der Waals surface area (Å²) in [6, 6.07) is 0. The van der Waals surface area contributed by atoms with Crippen molar-refractivity contribution < 1.29 is 4.79 Å². The lowest BCUT2D eigenvalue weighted by atomic mass is 10.2. The van der Waals surface area contributed by atoms with E-state index >= 15 is 0 Å². The third-order valence-electron chi connectivity index (χ3n) is 3.48. The third kappa shape index (κ3) is 11.3. The second kappa shape index (κ2) is 15.6. The van der Waals surface area contributed by atoms with E-state index in [2.05, 4.69) is 32.4 Å². The van der Waals surface area contributed by atoms with Crippen LogP contribution in [0.2, 0.25) is 0 Å². The SMILES string of the molecule is CC.CNc1nc(C)ncc1C#CCCCNCN(C)C(=O)/C=C/CN(C)C. The summed E-state index contributed by atoms with van der Waals surface area (Å²) < 4.78 is 0. The molecular weight excluding hydrogens is 352 g/mol. The number of hydrogen-bond acceptors (Lipinski definition) is 6. The number of carbonyl (C=O) groups excluding carboxylic acids is 1. The molecule has 1 heterocycles. The van der Waals surface area contributed by atoms with Gasteiger partial charge in [0.2, 0.25) is 5.91 Å². The van der Waals surface area contributed by atoms with Gasteiger partial charge >= 0.3 is 0 Å². The maximum Gasteiger partial charge on any atom is 0.247 e. The Kier molecular flexibility index (Phi) is 14.3. The Hall–Kier alpha value is -2.43. The predicted octanol–water partition coefficient (Wildman–Crippen LogP) is 2.11. The number of likely N-dealkylation sites (N-methyl/N-ethyl adjacent to an activating group) is 2. The van der Waals surface area contributed by atoms with Gasteiger partial charge in [-0.15, -0.1) is 0 Å². The summed E-state index contributed by atoms with van der Waals surface area (Å²) in [6.07, 6.45) is 6.89. The van der Waals surface area contributed by atoms with Gasteiger partial charge in [-0.25, -0.2) is 9.97 Å². The fraction of sp³-hybridized carbons (Fsp3) is 0.571. The molecule has 1 amide bonds. The highest BCUT2D eigenvalue weighted by Gasteiger charge is 2.03.